The smallest absolute Gasteiger partial charge is 0.312 e. The highest BCUT2D eigenvalue weighted by molar-refractivity contribution is 5.73. The Labute approximate surface area is 222 Å². The number of cyclic esters (lactones) is 1. The van der Waals surface area contributed by atoms with Crippen LogP contribution in [-0.2, 0) is 32.2 Å². The van der Waals surface area contributed by atoms with E-state index in [0.717, 1.165) is 28.7 Å². The van der Waals surface area contributed by atoms with Gasteiger partial charge in [0.2, 0.25) is 0 Å². The van der Waals surface area contributed by atoms with Crippen molar-refractivity contribution in [3.8, 4) is 0 Å². The van der Waals surface area contributed by atoms with E-state index < -0.39 is 12.0 Å². The molecule has 1 aliphatic rings. The van der Waals surface area contributed by atoms with E-state index in [4.69, 9.17) is 14.2 Å². The monoisotopic (exact) mass is 500 g/mol. The molecule has 0 amide bonds. The summed E-state index contributed by atoms with van der Waals surface area (Å²) < 4.78 is 18.5. The van der Waals surface area contributed by atoms with Gasteiger partial charge in [-0.3, -0.25) is 4.79 Å². The van der Waals surface area contributed by atoms with Gasteiger partial charge in [-0.2, -0.15) is 0 Å². The van der Waals surface area contributed by atoms with Crippen LogP contribution in [-0.4, -0.2) is 24.3 Å². The maximum atomic E-state index is 13.1. The molecule has 1 heterocycles. The van der Waals surface area contributed by atoms with Crippen LogP contribution < -0.4 is 0 Å². The maximum Gasteiger partial charge on any atom is 0.312 e. The summed E-state index contributed by atoms with van der Waals surface area (Å²) in [5.74, 6) is -0.558. The molecule has 4 heteroatoms. The molecule has 0 fully saturated rings. The van der Waals surface area contributed by atoms with E-state index >= 15 is 0 Å². The van der Waals surface area contributed by atoms with Crippen molar-refractivity contribution in [2.24, 2.45) is 11.8 Å². The van der Waals surface area contributed by atoms with Gasteiger partial charge < -0.3 is 14.2 Å². The topological polar surface area (TPSA) is 44.8 Å². The van der Waals surface area contributed by atoms with Gasteiger partial charge in [0, 0.05) is 5.57 Å². The molecule has 0 N–H and O–H groups in total. The molecule has 37 heavy (non-hydrogen) atoms. The zero-order valence-electron chi connectivity index (χ0n) is 22.8. The Hall–Kier alpha value is -3.13. The van der Waals surface area contributed by atoms with E-state index in [1.807, 2.05) is 81.5 Å². The van der Waals surface area contributed by atoms with Gasteiger partial charge in [-0.15, -0.1) is 11.5 Å². The number of benzene rings is 2. The molecular weight excluding hydrogens is 460 g/mol. The number of carbonyl (C=O) groups is 1. The molecule has 4 nitrogen and oxygen atoms in total. The maximum absolute atomic E-state index is 13.1. The predicted octanol–water partition coefficient (Wildman–Crippen LogP) is 7.36. The second-order valence-corrected chi connectivity index (χ2v) is 9.91. The Bertz CT molecular complexity index is 1120. The first-order chi connectivity index (χ1) is 17.9. The fourth-order valence-corrected chi connectivity index (χ4v) is 4.30. The molecule has 0 saturated heterocycles. The Balaban J connectivity index is 1.88. The summed E-state index contributed by atoms with van der Waals surface area (Å²) in [4.78, 5) is 13.1. The van der Waals surface area contributed by atoms with Crippen molar-refractivity contribution in [3.05, 3.63) is 107 Å². The molecule has 2 aromatic rings. The van der Waals surface area contributed by atoms with Crippen LogP contribution in [0.2, 0.25) is 0 Å². The SMILES string of the molecule is CC[C@H]1OC(=O)[C@H](C)[C@@H](OCc2ccccc2)C=C=C(C)C[C@@H](C)[C@H](OCc2ccccc2)C=C=C1C. The van der Waals surface area contributed by atoms with E-state index in [1.54, 1.807) is 0 Å². The number of ether oxygens (including phenoxy) is 3. The minimum atomic E-state index is -0.475. The predicted molar refractivity (Wildman–Crippen MR) is 148 cm³/mol. The van der Waals surface area contributed by atoms with Crippen LogP contribution >= 0.6 is 0 Å². The Morgan fingerprint density at radius 2 is 1.38 bits per heavy atom. The Morgan fingerprint density at radius 1 is 0.838 bits per heavy atom. The normalized spacial score (nSPS) is 25.1. The van der Waals surface area contributed by atoms with Gasteiger partial charge in [-0.1, -0.05) is 74.5 Å². The van der Waals surface area contributed by atoms with Crippen LogP contribution in [0.15, 0.2) is 95.4 Å². The van der Waals surface area contributed by atoms with Crippen LogP contribution in [0, 0.1) is 11.8 Å². The molecule has 0 radical (unpaired) electrons. The quantitative estimate of drug-likeness (QED) is 0.294. The summed E-state index contributed by atoms with van der Waals surface area (Å²) in [5, 5.41) is 0. The summed E-state index contributed by atoms with van der Waals surface area (Å²) in [6.45, 7) is 11.0. The number of hydrogen-bond donors (Lipinski definition) is 0. The number of esters is 1. The molecule has 0 aliphatic carbocycles. The van der Waals surface area contributed by atoms with E-state index in [-0.39, 0.29) is 24.1 Å². The molecule has 196 valence electrons. The second-order valence-electron chi connectivity index (χ2n) is 9.91. The average molecular weight is 501 g/mol. The fourth-order valence-electron chi connectivity index (χ4n) is 4.30. The lowest BCUT2D eigenvalue weighted by atomic mass is 9.95. The fraction of sp³-hybridized carbons (Fsp3) is 0.424. The highest BCUT2D eigenvalue weighted by atomic mass is 16.5. The van der Waals surface area contributed by atoms with Crippen LogP contribution in [0.25, 0.3) is 0 Å². The first-order valence-corrected chi connectivity index (χ1v) is 13.2. The highest BCUT2D eigenvalue weighted by Gasteiger charge is 2.27. The van der Waals surface area contributed by atoms with Gasteiger partial charge in [0.05, 0.1) is 31.3 Å². The number of rotatable bonds is 7. The molecule has 2 aromatic carbocycles. The van der Waals surface area contributed by atoms with Crippen molar-refractivity contribution in [3.63, 3.8) is 0 Å². The minimum Gasteiger partial charge on any atom is -0.457 e. The highest BCUT2D eigenvalue weighted by Crippen LogP contribution is 2.22. The van der Waals surface area contributed by atoms with Crippen molar-refractivity contribution >= 4 is 5.97 Å². The van der Waals surface area contributed by atoms with Gasteiger partial charge in [-0.05, 0) is 68.4 Å². The van der Waals surface area contributed by atoms with E-state index in [0.29, 0.717) is 19.6 Å². The summed E-state index contributed by atoms with van der Waals surface area (Å²) >= 11 is 0. The molecule has 0 spiro atoms. The Kier molecular flexibility index (Phi) is 11.2. The van der Waals surface area contributed by atoms with Crippen molar-refractivity contribution < 1.29 is 19.0 Å². The lowest BCUT2D eigenvalue weighted by molar-refractivity contribution is -0.156. The zero-order chi connectivity index (χ0) is 26.6. The second kappa shape index (κ2) is 14.6. The third-order valence-corrected chi connectivity index (χ3v) is 6.71. The zero-order valence-corrected chi connectivity index (χ0v) is 22.8. The van der Waals surface area contributed by atoms with Gasteiger partial charge in [0.15, 0.2) is 0 Å². The van der Waals surface area contributed by atoms with Crippen LogP contribution in [0.1, 0.15) is 58.6 Å². The van der Waals surface area contributed by atoms with Crippen LogP contribution in [0.4, 0.5) is 0 Å². The summed E-state index contributed by atoms with van der Waals surface area (Å²) in [6.07, 6.45) is 4.37. The van der Waals surface area contributed by atoms with Crippen molar-refractivity contribution in [1.82, 2.24) is 0 Å². The summed E-state index contributed by atoms with van der Waals surface area (Å²) in [5.41, 5.74) is 10.9. The molecule has 0 unspecified atom stereocenters. The van der Waals surface area contributed by atoms with Crippen LogP contribution in [0.3, 0.4) is 0 Å². The third-order valence-electron chi connectivity index (χ3n) is 6.71. The van der Waals surface area contributed by atoms with E-state index in [1.165, 1.54) is 0 Å². The number of carbonyl (C=O) groups excluding carboxylic acids is 1. The first kappa shape index (κ1) is 28.4. The minimum absolute atomic E-state index is 0.146. The molecule has 3 rings (SSSR count). The molecule has 0 saturated carbocycles. The van der Waals surface area contributed by atoms with Crippen molar-refractivity contribution in [1.29, 1.82) is 0 Å². The number of hydrogen-bond acceptors (Lipinski definition) is 4. The molecule has 5 atom stereocenters. The third kappa shape index (κ3) is 9.04. The van der Waals surface area contributed by atoms with Gasteiger partial charge in [0.25, 0.3) is 0 Å². The summed E-state index contributed by atoms with van der Waals surface area (Å²) in [7, 11) is 0. The van der Waals surface area contributed by atoms with Gasteiger partial charge in [0.1, 0.15) is 6.10 Å². The lowest BCUT2D eigenvalue weighted by Gasteiger charge is -2.24. The first-order valence-electron chi connectivity index (χ1n) is 13.2. The van der Waals surface area contributed by atoms with Gasteiger partial charge in [-0.25, -0.2) is 0 Å². The molecular formula is C33H40O4. The largest absolute Gasteiger partial charge is 0.457 e. The van der Waals surface area contributed by atoms with E-state index in [2.05, 4.69) is 37.4 Å². The molecule has 0 bridgehead atoms. The average Bonchev–Trinajstić information content (AvgIpc) is 2.91. The van der Waals surface area contributed by atoms with Crippen molar-refractivity contribution in [2.45, 2.75) is 79.0 Å². The van der Waals surface area contributed by atoms with Crippen LogP contribution in [0.5, 0.6) is 0 Å². The molecule has 1 aliphatic heterocycles. The van der Waals surface area contributed by atoms with Crippen molar-refractivity contribution in [2.75, 3.05) is 0 Å². The summed E-state index contributed by atoms with van der Waals surface area (Å²) in [6, 6.07) is 20.1. The van der Waals surface area contributed by atoms with Gasteiger partial charge >= 0.3 is 5.97 Å². The van der Waals surface area contributed by atoms with E-state index in [9.17, 15) is 4.79 Å². The standard InChI is InChI=1S/C33H40O4/c1-6-30-25(3)18-20-31(35-22-28-13-9-7-10-14-28)26(4)21-24(2)17-19-32(27(5)33(34)37-30)36-23-29-15-11-8-12-16-29/h7-16,19-20,26-27,30-32H,6,21-23H2,1-5H3/t17?,18?,26-,27-,30-,31-,32+/m1/s1. The molecule has 0 aromatic heterocycles. The Morgan fingerprint density at radius 3 is 1.95 bits per heavy atom. The lowest BCUT2D eigenvalue weighted by Crippen LogP contribution is -2.31.